The van der Waals surface area contributed by atoms with Crippen molar-refractivity contribution < 1.29 is 9.47 Å². The molecule has 2 rings (SSSR count). The Bertz CT molecular complexity index is 675. The van der Waals surface area contributed by atoms with Crippen LogP contribution < -0.4 is 4.74 Å². The monoisotopic (exact) mass is 292 g/mol. The van der Waals surface area contributed by atoms with E-state index in [2.05, 4.69) is 24.5 Å². The van der Waals surface area contributed by atoms with Crippen LogP contribution in [0, 0.1) is 11.8 Å². The molecule has 0 spiro atoms. The summed E-state index contributed by atoms with van der Waals surface area (Å²) in [6.45, 7) is 3.79. The third kappa shape index (κ3) is 4.00. The fourth-order valence-electron chi connectivity index (χ4n) is 2.21. The van der Waals surface area contributed by atoms with E-state index in [1.165, 1.54) is 0 Å². The van der Waals surface area contributed by atoms with Crippen LogP contribution in [0.3, 0.4) is 0 Å². The van der Waals surface area contributed by atoms with E-state index in [9.17, 15) is 0 Å². The van der Waals surface area contributed by atoms with Gasteiger partial charge in [-0.15, -0.1) is 6.58 Å². The highest BCUT2D eigenvalue weighted by atomic mass is 16.5. The summed E-state index contributed by atoms with van der Waals surface area (Å²) in [6.07, 6.45) is 2.61. The van der Waals surface area contributed by atoms with Crippen LogP contribution in [0.4, 0.5) is 0 Å². The van der Waals surface area contributed by atoms with Crippen molar-refractivity contribution in [1.29, 1.82) is 0 Å². The van der Waals surface area contributed by atoms with Crippen molar-refractivity contribution in [2.45, 2.75) is 12.5 Å². The van der Waals surface area contributed by atoms with Crippen LogP contribution in [-0.2, 0) is 4.74 Å². The van der Waals surface area contributed by atoms with E-state index in [4.69, 9.17) is 9.47 Å². The van der Waals surface area contributed by atoms with E-state index in [1.807, 2.05) is 48.5 Å². The molecule has 1 unspecified atom stereocenters. The molecule has 112 valence electrons. The number of rotatable bonds is 5. The smallest absolute Gasteiger partial charge is 0.118 e. The Morgan fingerprint density at radius 3 is 2.41 bits per heavy atom. The third-order valence-corrected chi connectivity index (χ3v) is 3.40. The molecule has 2 aromatic carbocycles. The highest BCUT2D eigenvalue weighted by Gasteiger charge is 2.11. The Morgan fingerprint density at radius 1 is 1.05 bits per heavy atom. The van der Waals surface area contributed by atoms with Gasteiger partial charge in [-0.2, -0.15) is 0 Å². The zero-order valence-electron chi connectivity index (χ0n) is 13.0. The lowest BCUT2D eigenvalue weighted by Gasteiger charge is -2.15. The van der Waals surface area contributed by atoms with Crippen molar-refractivity contribution in [3.63, 3.8) is 0 Å². The molecule has 0 saturated carbocycles. The summed E-state index contributed by atoms with van der Waals surface area (Å²) < 4.78 is 10.7. The van der Waals surface area contributed by atoms with Crippen LogP contribution in [0.1, 0.15) is 29.2 Å². The van der Waals surface area contributed by atoms with E-state index in [0.29, 0.717) is 0 Å². The number of benzene rings is 2. The van der Waals surface area contributed by atoms with Crippen molar-refractivity contribution in [3.8, 4) is 17.6 Å². The molecule has 0 bridgehead atoms. The van der Waals surface area contributed by atoms with Gasteiger partial charge >= 0.3 is 0 Å². The van der Waals surface area contributed by atoms with Crippen LogP contribution in [0.15, 0.2) is 61.2 Å². The largest absolute Gasteiger partial charge is 0.497 e. The molecule has 1 atom stereocenters. The van der Waals surface area contributed by atoms with Crippen molar-refractivity contribution in [1.82, 2.24) is 0 Å². The number of methoxy groups -OCH3 is 2. The summed E-state index contributed by atoms with van der Waals surface area (Å²) in [7, 11) is 3.36. The second kappa shape index (κ2) is 8.07. The van der Waals surface area contributed by atoms with Gasteiger partial charge in [-0.1, -0.05) is 36.1 Å². The summed E-state index contributed by atoms with van der Waals surface area (Å²) in [6, 6.07) is 15.8. The fraction of sp³-hybridized carbons (Fsp3) is 0.200. The van der Waals surface area contributed by atoms with Gasteiger partial charge in [0.25, 0.3) is 0 Å². The molecule has 0 N–H and O–H groups in total. The molecule has 0 aliphatic carbocycles. The summed E-state index contributed by atoms with van der Waals surface area (Å²) >= 11 is 0. The fourth-order valence-corrected chi connectivity index (χ4v) is 2.21. The predicted molar refractivity (Wildman–Crippen MR) is 90.0 cm³/mol. The quantitative estimate of drug-likeness (QED) is 0.602. The normalized spacial score (nSPS) is 11.2. The van der Waals surface area contributed by atoms with Crippen LogP contribution in [0.25, 0.3) is 0 Å². The number of hydrogen-bond acceptors (Lipinski definition) is 2. The standard InChI is InChI=1S/C20H20O2/c1-4-7-20(22-3)19-9-6-5-8-17(19)13-10-16-11-14-18(21-2)15-12-16/h4-6,8-9,11-12,14-15,20H,1,7H2,2-3H3. The van der Waals surface area contributed by atoms with Crippen LogP contribution >= 0.6 is 0 Å². The topological polar surface area (TPSA) is 18.5 Å². The molecule has 0 aliphatic rings. The van der Waals surface area contributed by atoms with Crippen molar-refractivity contribution >= 4 is 0 Å². The first-order valence-corrected chi connectivity index (χ1v) is 7.17. The maximum atomic E-state index is 5.54. The van der Waals surface area contributed by atoms with Crippen molar-refractivity contribution in [2.24, 2.45) is 0 Å². The Hall–Kier alpha value is -2.50. The average molecular weight is 292 g/mol. The van der Waals surface area contributed by atoms with E-state index in [0.717, 1.165) is 28.9 Å². The summed E-state index contributed by atoms with van der Waals surface area (Å²) in [5.74, 6) is 7.25. The maximum absolute atomic E-state index is 5.54. The predicted octanol–water partition coefficient (Wildman–Crippen LogP) is 4.36. The van der Waals surface area contributed by atoms with Crippen LogP contribution in [0.5, 0.6) is 5.75 Å². The Morgan fingerprint density at radius 2 is 1.77 bits per heavy atom. The highest BCUT2D eigenvalue weighted by molar-refractivity contribution is 5.48. The second-order valence-electron chi connectivity index (χ2n) is 4.81. The second-order valence-corrected chi connectivity index (χ2v) is 4.81. The lowest BCUT2D eigenvalue weighted by atomic mass is 10.00. The Kier molecular flexibility index (Phi) is 5.82. The molecule has 2 nitrogen and oxygen atoms in total. The van der Waals surface area contributed by atoms with Gasteiger partial charge in [0.05, 0.1) is 13.2 Å². The highest BCUT2D eigenvalue weighted by Crippen LogP contribution is 2.24. The molecule has 0 aromatic heterocycles. The van der Waals surface area contributed by atoms with E-state index < -0.39 is 0 Å². The summed E-state index contributed by atoms with van der Waals surface area (Å²) in [5.41, 5.74) is 3.02. The molecule has 0 radical (unpaired) electrons. The lowest BCUT2D eigenvalue weighted by Crippen LogP contribution is -2.02. The first-order chi connectivity index (χ1) is 10.8. The SMILES string of the molecule is C=CCC(OC)c1ccccc1C#Cc1ccc(OC)cc1. The van der Waals surface area contributed by atoms with Gasteiger partial charge in [0.1, 0.15) is 5.75 Å². The van der Waals surface area contributed by atoms with Gasteiger partial charge in [-0.3, -0.25) is 0 Å². The molecule has 0 heterocycles. The molecular weight excluding hydrogens is 272 g/mol. The lowest BCUT2D eigenvalue weighted by molar-refractivity contribution is 0.106. The van der Waals surface area contributed by atoms with Gasteiger partial charge in [-0.05, 0) is 42.3 Å². The number of hydrogen-bond donors (Lipinski definition) is 0. The molecular formula is C20H20O2. The van der Waals surface area contributed by atoms with Crippen molar-refractivity contribution in [3.05, 3.63) is 77.9 Å². The van der Waals surface area contributed by atoms with Gasteiger partial charge in [0, 0.05) is 18.2 Å². The van der Waals surface area contributed by atoms with Gasteiger partial charge in [0.15, 0.2) is 0 Å². The van der Waals surface area contributed by atoms with Gasteiger partial charge in [-0.25, -0.2) is 0 Å². The molecule has 0 amide bonds. The zero-order valence-corrected chi connectivity index (χ0v) is 13.0. The minimum Gasteiger partial charge on any atom is -0.497 e. The summed E-state index contributed by atoms with van der Waals surface area (Å²) in [5, 5.41) is 0. The number of ether oxygens (including phenoxy) is 2. The molecule has 0 saturated heterocycles. The molecule has 0 aliphatic heterocycles. The third-order valence-electron chi connectivity index (χ3n) is 3.40. The molecule has 0 fully saturated rings. The van der Waals surface area contributed by atoms with E-state index >= 15 is 0 Å². The van der Waals surface area contributed by atoms with Crippen LogP contribution in [0.2, 0.25) is 0 Å². The first kappa shape index (κ1) is 15.9. The Balaban J connectivity index is 2.29. The van der Waals surface area contributed by atoms with Crippen molar-refractivity contribution in [2.75, 3.05) is 14.2 Å². The van der Waals surface area contributed by atoms with Gasteiger partial charge < -0.3 is 9.47 Å². The molecule has 2 aromatic rings. The average Bonchev–Trinajstić information content (AvgIpc) is 2.58. The minimum absolute atomic E-state index is 0.0149. The minimum atomic E-state index is -0.0149. The van der Waals surface area contributed by atoms with E-state index in [-0.39, 0.29) is 6.10 Å². The first-order valence-electron chi connectivity index (χ1n) is 7.17. The van der Waals surface area contributed by atoms with Crippen LogP contribution in [-0.4, -0.2) is 14.2 Å². The molecule has 2 heteroatoms. The van der Waals surface area contributed by atoms with Gasteiger partial charge in [0.2, 0.25) is 0 Å². The maximum Gasteiger partial charge on any atom is 0.118 e. The zero-order chi connectivity index (χ0) is 15.8. The Labute approximate surface area is 132 Å². The molecule has 22 heavy (non-hydrogen) atoms. The summed E-state index contributed by atoms with van der Waals surface area (Å²) in [4.78, 5) is 0. The van der Waals surface area contributed by atoms with E-state index in [1.54, 1.807) is 14.2 Å².